The van der Waals surface area contributed by atoms with Crippen molar-refractivity contribution >= 4 is 5.91 Å². The molecular weight excluding hydrogens is 248 g/mol. The van der Waals surface area contributed by atoms with Crippen LogP contribution in [0.1, 0.15) is 72.6 Å². The summed E-state index contributed by atoms with van der Waals surface area (Å²) in [4.78, 5) is 12.5. The van der Waals surface area contributed by atoms with Crippen LogP contribution in [0.25, 0.3) is 0 Å². The quantitative estimate of drug-likeness (QED) is 0.815. The molecule has 116 valence electrons. The summed E-state index contributed by atoms with van der Waals surface area (Å²) in [5.74, 6) is 0.227. The summed E-state index contributed by atoms with van der Waals surface area (Å²) in [5.41, 5.74) is 0.660. The van der Waals surface area contributed by atoms with Crippen LogP contribution in [0.2, 0.25) is 0 Å². The van der Waals surface area contributed by atoms with Gasteiger partial charge in [-0.25, -0.2) is 0 Å². The Morgan fingerprint density at radius 1 is 1.05 bits per heavy atom. The van der Waals surface area contributed by atoms with Gasteiger partial charge in [-0.2, -0.15) is 0 Å². The smallest absolute Gasteiger partial charge is 0.237 e. The van der Waals surface area contributed by atoms with E-state index in [1.807, 2.05) is 0 Å². The summed E-state index contributed by atoms with van der Waals surface area (Å²) < 4.78 is 0. The standard InChI is InChI=1S/C17H32N2O/c1-16(2)10-13(11-17(3,4)12-16)19-15(20)14-8-6-5-7-9-18-14/h13-14,18H,5-12H2,1-4H3,(H,19,20). The molecule has 2 aliphatic rings. The summed E-state index contributed by atoms with van der Waals surface area (Å²) >= 11 is 0. The van der Waals surface area contributed by atoms with E-state index >= 15 is 0 Å². The molecular formula is C17H32N2O. The van der Waals surface area contributed by atoms with Gasteiger partial charge in [-0.15, -0.1) is 0 Å². The number of nitrogens with one attached hydrogen (secondary N) is 2. The normalized spacial score (nSPS) is 30.5. The monoisotopic (exact) mass is 280 g/mol. The summed E-state index contributed by atoms with van der Waals surface area (Å²) in [6, 6.07) is 0.372. The van der Waals surface area contributed by atoms with E-state index in [0.717, 1.165) is 25.8 Å². The van der Waals surface area contributed by atoms with Gasteiger partial charge in [0.25, 0.3) is 0 Å². The SMILES string of the molecule is CC1(C)CC(NC(=O)C2CCCCCN2)CC(C)(C)C1. The van der Waals surface area contributed by atoms with Crippen molar-refractivity contribution < 1.29 is 4.79 Å². The van der Waals surface area contributed by atoms with Crippen LogP contribution in [0, 0.1) is 10.8 Å². The molecule has 3 nitrogen and oxygen atoms in total. The minimum Gasteiger partial charge on any atom is -0.352 e. The molecule has 2 fully saturated rings. The Balaban J connectivity index is 1.92. The molecule has 1 atom stereocenters. The van der Waals surface area contributed by atoms with Gasteiger partial charge >= 0.3 is 0 Å². The fourth-order valence-corrected chi connectivity index (χ4v) is 4.50. The first-order valence-electron chi connectivity index (χ1n) is 8.31. The van der Waals surface area contributed by atoms with E-state index < -0.39 is 0 Å². The Morgan fingerprint density at radius 3 is 2.35 bits per heavy atom. The van der Waals surface area contributed by atoms with Gasteiger partial charge in [-0.1, -0.05) is 40.5 Å². The number of amides is 1. The van der Waals surface area contributed by atoms with Crippen LogP contribution in [-0.4, -0.2) is 24.5 Å². The molecule has 1 saturated carbocycles. The molecule has 1 saturated heterocycles. The molecule has 1 unspecified atom stereocenters. The van der Waals surface area contributed by atoms with Gasteiger partial charge in [0.05, 0.1) is 6.04 Å². The second-order valence-corrected chi connectivity index (χ2v) is 8.48. The fraction of sp³-hybridized carbons (Fsp3) is 0.941. The zero-order valence-corrected chi connectivity index (χ0v) is 13.7. The Bertz CT molecular complexity index is 325. The lowest BCUT2D eigenvalue weighted by Crippen LogP contribution is -2.51. The number of carbonyl (C=O) groups is 1. The van der Waals surface area contributed by atoms with Crippen molar-refractivity contribution in [1.82, 2.24) is 10.6 Å². The van der Waals surface area contributed by atoms with Crippen LogP contribution >= 0.6 is 0 Å². The summed E-state index contributed by atoms with van der Waals surface area (Å²) in [6.45, 7) is 10.3. The number of hydrogen-bond donors (Lipinski definition) is 2. The van der Waals surface area contributed by atoms with E-state index in [2.05, 4.69) is 38.3 Å². The zero-order valence-electron chi connectivity index (χ0n) is 13.7. The van der Waals surface area contributed by atoms with E-state index in [1.54, 1.807) is 0 Å². The van der Waals surface area contributed by atoms with Gasteiger partial charge in [0.1, 0.15) is 0 Å². The Morgan fingerprint density at radius 2 is 1.70 bits per heavy atom. The first-order chi connectivity index (χ1) is 9.27. The van der Waals surface area contributed by atoms with Gasteiger partial charge in [0.15, 0.2) is 0 Å². The van der Waals surface area contributed by atoms with E-state index in [9.17, 15) is 4.79 Å². The fourth-order valence-electron chi connectivity index (χ4n) is 4.50. The van der Waals surface area contributed by atoms with Crippen molar-refractivity contribution in [3.63, 3.8) is 0 Å². The van der Waals surface area contributed by atoms with Crippen LogP contribution in [0.5, 0.6) is 0 Å². The lowest BCUT2D eigenvalue weighted by atomic mass is 9.63. The highest BCUT2D eigenvalue weighted by molar-refractivity contribution is 5.82. The molecule has 0 spiro atoms. The van der Waals surface area contributed by atoms with Gasteiger partial charge < -0.3 is 10.6 Å². The highest BCUT2D eigenvalue weighted by Gasteiger charge is 2.39. The molecule has 0 radical (unpaired) electrons. The minimum absolute atomic E-state index is 0.0330. The van der Waals surface area contributed by atoms with Crippen LogP contribution in [0.15, 0.2) is 0 Å². The molecule has 0 bridgehead atoms. The maximum absolute atomic E-state index is 12.5. The second kappa shape index (κ2) is 6.05. The Hall–Kier alpha value is -0.570. The van der Waals surface area contributed by atoms with Crippen molar-refractivity contribution in [3.8, 4) is 0 Å². The molecule has 0 aromatic heterocycles. The van der Waals surface area contributed by atoms with Crippen LogP contribution in [-0.2, 0) is 4.79 Å². The van der Waals surface area contributed by atoms with Gasteiger partial charge in [-0.05, 0) is 49.5 Å². The second-order valence-electron chi connectivity index (χ2n) is 8.48. The average Bonchev–Trinajstić information content (AvgIpc) is 2.52. The molecule has 1 amide bonds. The molecule has 1 aliphatic carbocycles. The molecule has 3 heteroatoms. The van der Waals surface area contributed by atoms with Crippen LogP contribution in [0.3, 0.4) is 0 Å². The summed E-state index contributed by atoms with van der Waals surface area (Å²) in [5, 5.41) is 6.73. The van der Waals surface area contributed by atoms with Gasteiger partial charge in [-0.3, -0.25) is 4.79 Å². The molecule has 20 heavy (non-hydrogen) atoms. The van der Waals surface area contributed by atoms with Crippen molar-refractivity contribution in [2.45, 2.75) is 84.7 Å². The first-order valence-corrected chi connectivity index (χ1v) is 8.31. The topological polar surface area (TPSA) is 41.1 Å². The highest BCUT2D eigenvalue weighted by Crippen LogP contribution is 2.45. The third kappa shape index (κ3) is 4.47. The van der Waals surface area contributed by atoms with Gasteiger partial charge in [0.2, 0.25) is 5.91 Å². The van der Waals surface area contributed by atoms with Crippen molar-refractivity contribution in [2.24, 2.45) is 10.8 Å². The molecule has 0 aromatic rings. The first kappa shape index (κ1) is 15.8. The largest absolute Gasteiger partial charge is 0.352 e. The van der Waals surface area contributed by atoms with E-state index in [-0.39, 0.29) is 11.9 Å². The lowest BCUT2D eigenvalue weighted by Gasteiger charge is -2.45. The number of hydrogen-bond acceptors (Lipinski definition) is 2. The number of carbonyl (C=O) groups excluding carboxylic acids is 1. The van der Waals surface area contributed by atoms with E-state index in [0.29, 0.717) is 16.9 Å². The minimum atomic E-state index is 0.0330. The number of rotatable bonds is 2. The maximum atomic E-state index is 12.5. The lowest BCUT2D eigenvalue weighted by molar-refractivity contribution is -0.124. The molecule has 0 aromatic carbocycles. The predicted molar refractivity (Wildman–Crippen MR) is 83.6 cm³/mol. The summed E-state index contributed by atoms with van der Waals surface area (Å²) in [6.07, 6.45) is 8.07. The third-order valence-corrected chi connectivity index (χ3v) is 4.78. The predicted octanol–water partition coefficient (Wildman–Crippen LogP) is 3.24. The van der Waals surface area contributed by atoms with E-state index in [1.165, 1.54) is 25.7 Å². The van der Waals surface area contributed by atoms with Gasteiger partial charge in [0, 0.05) is 6.04 Å². The molecule has 1 aliphatic heterocycles. The average molecular weight is 280 g/mol. The maximum Gasteiger partial charge on any atom is 0.237 e. The van der Waals surface area contributed by atoms with Crippen LogP contribution in [0.4, 0.5) is 0 Å². The van der Waals surface area contributed by atoms with Crippen molar-refractivity contribution in [2.75, 3.05) is 6.54 Å². The Labute approximate surface area is 124 Å². The molecule has 1 heterocycles. The van der Waals surface area contributed by atoms with Crippen molar-refractivity contribution in [3.05, 3.63) is 0 Å². The molecule has 2 rings (SSSR count). The highest BCUT2D eigenvalue weighted by atomic mass is 16.2. The van der Waals surface area contributed by atoms with Crippen LogP contribution < -0.4 is 10.6 Å². The third-order valence-electron chi connectivity index (χ3n) is 4.78. The summed E-state index contributed by atoms with van der Waals surface area (Å²) in [7, 11) is 0. The Kier molecular flexibility index (Phi) is 4.78. The van der Waals surface area contributed by atoms with E-state index in [4.69, 9.17) is 0 Å². The zero-order chi connectivity index (χ0) is 14.8. The molecule has 2 N–H and O–H groups in total. The van der Waals surface area contributed by atoms with Crippen molar-refractivity contribution in [1.29, 1.82) is 0 Å².